The highest BCUT2D eigenvalue weighted by Gasteiger charge is 2.41. The summed E-state index contributed by atoms with van der Waals surface area (Å²) in [6.07, 6.45) is 3.27. The van der Waals surface area contributed by atoms with E-state index in [9.17, 15) is 0 Å². The summed E-state index contributed by atoms with van der Waals surface area (Å²) >= 11 is 0. The van der Waals surface area contributed by atoms with Crippen molar-refractivity contribution in [2.45, 2.75) is 25.0 Å². The molecule has 90 valence electrons. The van der Waals surface area contributed by atoms with Gasteiger partial charge in [-0.3, -0.25) is 4.90 Å². The highest BCUT2D eigenvalue weighted by atomic mass is 16.6. The van der Waals surface area contributed by atoms with Crippen LogP contribution in [0.4, 0.5) is 0 Å². The van der Waals surface area contributed by atoms with E-state index in [-0.39, 0.29) is 12.2 Å². The first-order valence-electron chi connectivity index (χ1n) is 6.53. The van der Waals surface area contributed by atoms with Gasteiger partial charge in [0.25, 0.3) is 0 Å². The molecule has 1 aromatic rings. The SMILES string of the molecule is c1ccc2c(c1)O[C@@H]1CN(CC3CC3)C[C@H]1O2. The van der Waals surface area contributed by atoms with Crippen LogP contribution >= 0.6 is 0 Å². The highest BCUT2D eigenvalue weighted by Crippen LogP contribution is 2.37. The van der Waals surface area contributed by atoms with Gasteiger partial charge in [-0.15, -0.1) is 0 Å². The second-order valence-electron chi connectivity index (χ2n) is 5.42. The van der Waals surface area contributed by atoms with Gasteiger partial charge < -0.3 is 9.47 Å². The van der Waals surface area contributed by atoms with E-state index >= 15 is 0 Å². The summed E-state index contributed by atoms with van der Waals surface area (Å²) in [7, 11) is 0. The Bertz CT molecular complexity index is 397. The average molecular weight is 231 g/mol. The lowest BCUT2D eigenvalue weighted by atomic mass is 10.2. The number of hydrogen-bond acceptors (Lipinski definition) is 3. The number of para-hydroxylation sites is 2. The van der Waals surface area contributed by atoms with Crippen molar-refractivity contribution >= 4 is 0 Å². The molecule has 17 heavy (non-hydrogen) atoms. The summed E-state index contributed by atoms with van der Waals surface area (Å²) in [6, 6.07) is 7.99. The average Bonchev–Trinajstić information content (AvgIpc) is 3.06. The molecule has 3 heteroatoms. The zero-order valence-corrected chi connectivity index (χ0v) is 9.84. The van der Waals surface area contributed by atoms with Crippen molar-refractivity contribution < 1.29 is 9.47 Å². The first-order chi connectivity index (χ1) is 8.38. The van der Waals surface area contributed by atoms with Gasteiger partial charge in [0.2, 0.25) is 0 Å². The first kappa shape index (κ1) is 9.77. The van der Waals surface area contributed by atoms with Crippen molar-refractivity contribution in [3.8, 4) is 11.5 Å². The lowest BCUT2D eigenvalue weighted by molar-refractivity contribution is 0.0552. The number of fused-ring (bicyclic) bond motifs is 2. The second kappa shape index (κ2) is 3.64. The summed E-state index contributed by atoms with van der Waals surface area (Å²) in [6.45, 7) is 3.28. The van der Waals surface area contributed by atoms with Crippen LogP contribution in [0.25, 0.3) is 0 Å². The van der Waals surface area contributed by atoms with E-state index in [0.717, 1.165) is 30.5 Å². The topological polar surface area (TPSA) is 21.7 Å². The van der Waals surface area contributed by atoms with Crippen LogP contribution in [0.5, 0.6) is 11.5 Å². The van der Waals surface area contributed by atoms with Crippen molar-refractivity contribution in [3.05, 3.63) is 24.3 Å². The monoisotopic (exact) mass is 231 g/mol. The third kappa shape index (κ3) is 1.78. The molecule has 1 aromatic carbocycles. The first-order valence-corrected chi connectivity index (χ1v) is 6.53. The van der Waals surface area contributed by atoms with Crippen LogP contribution in [-0.2, 0) is 0 Å². The molecule has 3 aliphatic rings. The van der Waals surface area contributed by atoms with Gasteiger partial charge in [-0.25, -0.2) is 0 Å². The van der Waals surface area contributed by atoms with Gasteiger partial charge in [-0.05, 0) is 30.9 Å². The van der Waals surface area contributed by atoms with Crippen LogP contribution in [0, 0.1) is 5.92 Å². The lowest BCUT2D eigenvalue weighted by Crippen LogP contribution is -2.38. The van der Waals surface area contributed by atoms with Crippen LogP contribution < -0.4 is 9.47 Å². The predicted octanol–water partition coefficient (Wildman–Crippen LogP) is 1.92. The van der Waals surface area contributed by atoms with Crippen LogP contribution in [0.15, 0.2) is 24.3 Å². The maximum absolute atomic E-state index is 6.02. The molecule has 3 nitrogen and oxygen atoms in total. The smallest absolute Gasteiger partial charge is 0.161 e. The van der Waals surface area contributed by atoms with Gasteiger partial charge in [0, 0.05) is 19.6 Å². The molecular formula is C14H17NO2. The molecule has 2 heterocycles. The van der Waals surface area contributed by atoms with Gasteiger partial charge in [0.1, 0.15) is 12.2 Å². The number of benzene rings is 1. The van der Waals surface area contributed by atoms with E-state index in [4.69, 9.17) is 9.47 Å². The largest absolute Gasteiger partial charge is 0.481 e. The Morgan fingerprint density at radius 3 is 2.12 bits per heavy atom. The Hall–Kier alpha value is -1.22. The molecule has 0 spiro atoms. The molecule has 0 aromatic heterocycles. The van der Waals surface area contributed by atoms with Crippen molar-refractivity contribution in [2.24, 2.45) is 5.92 Å². The Balaban J connectivity index is 1.50. The summed E-state index contributed by atoms with van der Waals surface area (Å²) in [5, 5.41) is 0. The van der Waals surface area contributed by atoms with E-state index in [1.54, 1.807) is 0 Å². The van der Waals surface area contributed by atoms with Crippen LogP contribution in [-0.4, -0.2) is 36.7 Å². The van der Waals surface area contributed by atoms with Crippen molar-refractivity contribution in [2.75, 3.05) is 19.6 Å². The number of rotatable bonds is 2. The molecule has 0 radical (unpaired) electrons. The zero-order chi connectivity index (χ0) is 11.2. The Kier molecular flexibility index (Phi) is 2.09. The fourth-order valence-electron chi connectivity index (χ4n) is 2.83. The number of hydrogen-bond donors (Lipinski definition) is 0. The predicted molar refractivity (Wildman–Crippen MR) is 64.4 cm³/mol. The summed E-state index contributed by atoms with van der Waals surface area (Å²) < 4.78 is 12.0. The molecular weight excluding hydrogens is 214 g/mol. The Labute approximate surface area is 101 Å². The number of nitrogens with zero attached hydrogens (tertiary/aromatic N) is 1. The Morgan fingerprint density at radius 1 is 1.00 bits per heavy atom. The lowest BCUT2D eigenvalue weighted by Gasteiger charge is -2.28. The standard InChI is InChI=1S/C14H17NO2/c1-2-4-12-11(3-1)16-13-8-15(7-10-5-6-10)9-14(13)17-12/h1-4,10,13-14H,5-9H2/t13-,14-/m1/s1. The van der Waals surface area contributed by atoms with Gasteiger partial charge >= 0.3 is 0 Å². The second-order valence-corrected chi connectivity index (χ2v) is 5.42. The van der Waals surface area contributed by atoms with E-state index in [1.165, 1.54) is 19.4 Å². The maximum atomic E-state index is 6.02. The number of likely N-dealkylation sites (tertiary alicyclic amines) is 1. The molecule has 0 N–H and O–H groups in total. The van der Waals surface area contributed by atoms with Crippen LogP contribution in [0.2, 0.25) is 0 Å². The third-order valence-electron chi connectivity index (χ3n) is 3.91. The molecule has 2 atom stereocenters. The number of ether oxygens (including phenoxy) is 2. The fraction of sp³-hybridized carbons (Fsp3) is 0.571. The summed E-state index contributed by atoms with van der Waals surface area (Å²) in [5.74, 6) is 2.75. The minimum Gasteiger partial charge on any atom is -0.481 e. The van der Waals surface area contributed by atoms with E-state index in [2.05, 4.69) is 4.90 Å². The normalized spacial score (nSPS) is 31.3. The van der Waals surface area contributed by atoms with Crippen LogP contribution in [0.1, 0.15) is 12.8 Å². The van der Waals surface area contributed by atoms with Crippen molar-refractivity contribution in [1.29, 1.82) is 0 Å². The molecule has 0 unspecified atom stereocenters. The van der Waals surface area contributed by atoms with Gasteiger partial charge in [-0.2, -0.15) is 0 Å². The van der Waals surface area contributed by atoms with Crippen LogP contribution in [0.3, 0.4) is 0 Å². The van der Waals surface area contributed by atoms with E-state index in [0.29, 0.717) is 0 Å². The Morgan fingerprint density at radius 2 is 1.59 bits per heavy atom. The van der Waals surface area contributed by atoms with Crippen molar-refractivity contribution in [1.82, 2.24) is 4.90 Å². The quantitative estimate of drug-likeness (QED) is 0.776. The minimum absolute atomic E-state index is 0.226. The summed E-state index contributed by atoms with van der Waals surface area (Å²) in [4.78, 5) is 2.50. The van der Waals surface area contributed by atoms with E-state index < -0.39 is 0 Å². The molecule has 1 aliphatic carbocycles. The molecule has 2 aliphatic heterocycles. The molecule has 0 bridgehead atoms. The maximum Gasteiger partial charge on any atom is 0.161 e. The van der Waals surface area contributed by atoms with Gasteiger partial charge in [-0.1, -0.05) is 12.1 Å². The zero-order valence-electron chi connectivity index (χ0n) is 9.84. The molecule has 4 rings (SSSR count). The van der Waals surface area contributed by atoms with E-state index in [1.807, 2.05) is 24.3 Å². The molecule has 2 fully saturated rings. The molecule has 1 saturated heterocycles. The minimum atomic E-state index is 0.226. The molecule has 1 saturated carbocycles. The third-order valence-corrected chi connectivity index (χ3v) is 3.91. The molecule has 0 amide bonds. The van der Waals surface area contributed by atoms with Gasteiger partial charge in [0.15, 0.2) is 11.5 Å². The highest BCUT2D eigenvalue weighted by molar-refractivity contribution is 5.41. The fourth-order valence-corrected chi connectivity index (χ4v) is 2.83. The van der Waals surface area contributed by atoms with Gasteiger partial charge in [0.05, 0.1) is 0 Å². The summed E-state index contributed by atoms with van der Waals surface area (Å²) in [5.41, 5.74) is 0. The van der Waals surface area contributed by atoms with Crippen molar-refractivity contribution in [3.63, 3.8) is 0 Å².